The molecule has 0 fully saturated rings. The van der Waals surface area contributed by atoms with Crippen molar-refractivity contribution in [3.05, 3.63) is 36.6 Å². The highest BCUT2D eigenvalue weighted by atomic mass is 16.7. The van der Waals surface area contributed by atoms with E-state index in [1.54, 1.807) is 19.3 Å². The van der Waals surface area contributed by atoms with Gasteiger partial charge in [0.15, 0.2) is 6.79 Å². The van der Waals surface area contributed by atoms with Gasteiger partial charge in [-0.25, -0.2) is 0 Å². The number of methoxy groups -OCH3 is 1. The van der Waals surface area contributed by atoms with Gasteiger partial charge < -0.3 is 9.47 Å². The maximum absolute atomic E-state index is 5.21. The second-order valence-corrected chi connectivity index (χ2v) is 2.17. The van der Waals surface area contributed by atoms with Gasteiger partial charge >= 0.3 is 0 Å². The third kappa shape index (κ3) is 5.74. The number of allylic oxidation sites excluding steroid dienone is 4. The van der Waals surface area contributed by atoms with E-state index in [9.17, 15) is 0 Å². The normalized spacial score (nSPS) is 12.0. The second-order valence-electron chi connectivity index (χ2n) is 2.17. The van der Waals surface area contributed by atoms with Crippen LogP contribution in [0.4, 0.5) is 0 Å². The van der Waals surface area contributed by atoms with Crippen molar-refractivity contribution in [3.8, 4) is 0 Å². The summed E-state index contributed by atoms with van der Waals surface area (Å²) in [5, 5.41) is 0. The topological polar surface area (TPSA) is 18.5 Å². The SMILES string of the molecule is C=CC=C(C=CCC)OCOC. The minimum atomic E-state index is 0.272. The van der Waals surface area contributed by atoms with Gasteiger partial charge in [0.05, 0.1) is 0 Å². The molecule has 0 bridgehead atoms. The molecule has 68 valence electrons. The van der Waals surface area contributed by atoms with Gasteiger partial charge in [-0.05, 0) is 18.6 Å². The number of ether oxygens (including phenoxy) is 2. The Morgan fingerprint density at radius 2 is 2.25 bits per heavy atom. The monoisotopic (exact) mass is 168 g/mol. The van der Waals surface area contributed by atoms with Crippen LogP contribution in [-0.2, 0) is 9.47 Å². The first-order valence-electron chi connectivity index (χ1n) is 3.96. The van der Waals surface area contributed by atoms with Crippen LogP contribution in [0.3, 0.4) is 0 Å². The predicted octanol–water partition coefficient (Wildman–Crippen LogP) is 2.64. The first-order chi connectivity index (χ1) is 5.85. The van der Waals surface area contributed by atoms with Crippen LogP contribution in [0.25, 0.3) is 0 Å². The van der Waals surface area contributed by atoms with Crippen molar-refractivity contribution in [1.82, 2.24) is 0 Å². The van der Waals surface area contributed by atoms with Gasteiger partial charge in [-0.1, -0.05) is 25.7 Å². The van der Waals surface area contributed by atoms with Crippen LogP contribution < -0.4 is 0 Å². The minimum Gasteiger partial charge on any atom is -0.468 e. The summed E-state index contributed by atoms with van der Waals surface area (Å²) in [7, 11) is 1.59. The molecule has 0 aromatic heterocycles. The molecule has 2 heteroatoms. The maximum Gasteiger partial charge on any atom is 0.188 e. The fraction of sp³-hybridized carbons (Fsp3) is 0.400. The van der Waals surface area contributed by atoms with Crippen molar-refractivity contribution in [3.63, 3.8) is 0 Å². The van der Waals surface area contributed by atoms with Crippen molar-refractivity contribution in [2.24, 2.45) is 0 Å². The van der Waals surface area contributed by atoms with E-state index in [-0.39, 0.29) is 6.79 Å². The average molecular weight is 168 g/mol. The van der Waals surface area contributed by atoms with Crippen LogP contribution in [0.15, 0.2) is 36.6 Å². The van der Waals surface area contributed by atoms with Gasteiger partial charge in [0.25, 0.3) is 0 Å². The van der Waals surface area contributed by atoms with Crippen LogP contribution in [-0.4, -0.2) is 13.9 Å². The van der Waals surface area contributed by atoms with Crippen molar-refractivity contribution in [1.29, 1.82) is 0 Å². The van der Waals surface area contributed by atoms with Crippen molar-refractivity contribution >= 4 is 0 Å². The Balaban J connectivity index is 3.95. The summed E-state index contributed by atoms with van der Waals surface area (Å²) in [4.78, 5) is 0. The number of rotatable bonds is 6. The van der Waals surface area contributed by atoms with E-state index in [4.69, 9.17) is 9.47 Å². The van der Waals surface area contributed by atoms with E-state index in [0.29, 0.717) is 0 Å². The molecule has 0 atom stereocenters. The molecule has 0 aliphatic heterocycles. The molecule has 0 aliphatic carbocycles. The van der Waals surface area contributed by atoms with Crippen LogP contribution in [0.2, 0.25) is 0 Å². The molecule has 0 saturated heterocycles. The Morgan fingerprint density at radius 1 is 1.50 bits per heavy atom. The Hall–Kier alpha value is -1.02. The van der Waals surface area contributed by atoms with Gasteiger partial charge in [0, 0.05) is 7.11 Å². The Kier molecular flexibility index (Phi) is 7.39. The zero-order valence-corrected chi connectivity index (χ0v) is 7.75. The fourth-order valence-electron chi connectivity index (χ4n) is 0.629. The van der Waals surface area contributed by atoms with Crippen molar-refractivity contribution in [2.45, 2.75) is 13.3 Å². The third-order valence-electron chi connectivity index (χ3n) is 1.14. The van der Waals surface area contributed by atoms with Crippen LogP contribution in [0, 0.1) is 0 Å². The first-order valence-corrected chi connectivity index (χ1v) is 3.96. The molecule has 0 radical (unpaired) electrons. The van der Waals surface area contributed by atoms with E-state index in [2.05, 4.69) is 13.5 Å². The summed E-state index contributed by atoms with van der Waals surface area (Å²) in [6.45, 7) is 5.92. The molecule has 0 aromatic carbocycles. The van der Waals surface area contributed by atoms with Gasteiger partial charge in [-0.15, -0.1) is 0 Å². The van der Waals surface area contributed by atoms with Gasteiger partial charge in [0.2, 0.25) is 0 Å². The molecule has 0 aliphatic rings. The highest BCUT2D eigenvalue weighted by Gasteiger charge is 1.88. The standard InChI is InChI=1S/C10H16O2/c1-4-6-8-10(7-5-2)12-9-11-3/h5-8H,2,4,9H2,1,3H3. The molecule has 0 unspecified atom stereocenters. The molecule has 0 aromatic rings. The van der Waals surface area contributed by atoms with E-state index >= 15 is 0 Å². The van der Waals surface area contributed by atoms with E-state index in [0.717, 1.165) is 12.2 Å². The summed E-state index contributed by atoms with van der Waals surface area (Å²) < 4.78 is 9.98. The number of hydrogen-bond donors (Lipinski definition) is 0. The summed E-state index contributed by atoms with van der Waals surface area (Å²) in [5.74, 6) is 0.772. The lowest BCUT2D eigenvalue weighted by molar-refractivity contribution is 0.0101. The number of hydrogen-bond acceptors (Lipinski definition) is 2. The summed E-state index contributed by atoms with van der Waals surface area (Å²) >= 11 is 0. The summed E-state index contributed by atoms with van der Waals surface area (Å²) in [5.41, 5.74) is 0. The molecule has 0 amide bonds. The lowest BCUT2D eigenvalue weighted by Crippen LogP contribution is -1.94. The Morgan fingerprint density at radius 3 is 2.75 bits per heavy atom. The van der Waals surface area contributed by atoms with Gasteiger partial charge in [-0.3, -0.25) is 0 Å². The maximum atomic E-state index is 5.21. The summed E-state index contributed by atoms with van der Waals surface area (Å²) in [6.07, 6.45) is 8.40. The highest BCUT2D eigenvalue weighted by Crippen LogP contribution is 2.00. The van der Waals surface area contributed by atoms with Gasteiger partial charge in [0.1, 0.15) is 5.76 Å². The van der Waals surface area contributed by atoms with Crippen LogP contribution in [0.5, 0.6) is 0 Å². The lowest BCUT2D eigenvalue weighted by Gasteiger charge is -2.03. The highest BCUT2D eigenvalue weighted by molar-refractivity contribution is 5.16. The Labute approximate surface area is 74.2 Å². The lowest BCUT2D eigenvalue weighted by atomic mass is 10.3. The van der Waals surface area contributed by atoms with E-state index in [1.165, 1.54) is 0 Å². The molecule has 0 N–H and O–H groups in total. The fourth-order valence-corrected chi connectivity index (χ4v) is 0.629. The minimum absolute atomic E-state index is 0.272. The van der Waals surface area contributed by atoms with Gasteiger partial charge in [-0.2, -0.15) is 0 Å². The molecular formula is C10H16O2. The summed E-state index contributed by atoms with van der Waals surface area (Å²) in [6, 6.07) is 0. The molecule has 0 spiro atoms. The first kappa shape index (κ1) is 11.0. The van der Waals surface area contributed by atoms with Crippen LogP contribution >= 0.6 is 0 Å². The second kappa shape index (κ2) is 8.08. The molecule has 0 heterocycles. The third-order valence-corrected chi connectivity index (χ3v) is 1.14. The van der Waals surface area contributed by atoms with Crippen molar-refractivity contribution in [2.75, 3.05) is 13.9 Å². The Bertz CT molecular complexity index is 169. The molecule has 0 rings (SSSR count). The van der Waals surface area contributed by atoms with E-state index < -0.39 is 0 Å². The zero-order valence-electron chi connectivity index (χ0n) is 7.75. The zero-order chi connectivity index (χ0) is 9.23. The molecule has 2 nitrogen and oxygen atoms in total. The molecule has 0 saturated carbocycles. The smallest absolute Gasteiger partial charge is 0.188 e. The molecule has 12 heavy (non-hydrogen) atoms. The largest absolute Gasteiger partial charge is 0.468 e. The average Bonchev–Trinajstić information content (AvgIpc) is 2.10. The van der Waals surface area contributed by atoms with Crippen molar-refractivity contribution < 1.29 is 9.47 Å². The molecular weight excluding hydrogens is 152 g/mol. The predicted molar refractivity (Wildman–Crippen MR) is 50.7 cm³/mol. The quantitative estimate of drug-likeness (QED) is 0.345. The van der Waals surface area contributed by atoms with E-state index in [1.807, 2.05) is 12.2 Å². The van der Waals surface area contributed by atoms with Crippen LogP contribution in [0.1, 0.15) is 13.3 Å².